The molecule has 2 N–H and O–H groups in total. The fourth-order valence-electron chi connectivity index (χ4n) is 3.13. The Morgan fingerprint density at radius 2 is 1.96 bits per heavy atom. The van der Waals surface area contributed by atoms with E-state index in [1.54, 1.807) is 19.1 Å². The lowest BCUT2D eigenvalue weighted by Gasteiger charge is -2.17. The number of carbonyl (C=O) groups is 2. The largest absolute Gasteiger partial charge is 0.493 e. The molecule has 0 saturated carbocycles. The fraction of sp³-hybridized carbons (Fsp3) is 0.556. The molecule has 0 bridgehead atoms. The number of hydrogen-bond donors (Lipinski definition) is 2. The summed E-state index contributed by atoms with van der Waals surface area (Å²) >= 11 is 0. The van der Waals surface area contributed by atoms with Crippen molar-refractivity contribution in [2.24, 2.45) is 5.92 Å². The number of hydrogen-bond acceptors (Lipinski definition) is 5. The normalized spacial score (nSPS) is 19.6. The molecule has 0 aromatic heterocycles. The summed E-state index contributed by atoms with van der Waals surface area (Å²) in [6, 6.07) is 5.41. The molecule has 2 rings (SSSR count). The highest BCUT2D eigenvalue weighted by Gasteiger charge is 2.34. The van der Waals surface area contributed by atoms with E-state index in [1.165, 1.54) is 6.92 Å². The number of nitrogens with one attached hydrogen (secondary N) is 1. The summed E-state index contributed by atoms with van der Waals surface area (Å²) in [5.41, 5.74) is 0.988. The molecule has 2 unspecified atom stereocenters. The van der Waals surface area contributed by atoms with E-state index in [1.807, 2.05) is 18.2 Å². The topological polar surface area (TPSA) is 88.1 Å². The first kappa shape index (κ1) is 19.1. The van der Waals surface area contributed by atoms with Crippen LogP contribution in [0.15, 0.2) is 18.2 Å². The van der Waals surface area contributed by atoms with Crippen molar-refractivity contribution in [2.75, 3.05) is 33.9 Å². The van der Waals surface area contributed by atoms with Crippen LogP contribution in [0.5, 0.6) is 11.5 Å². The van der Waals surface area contributed by atoms with E-state index in [9.17, 15) is 14.7 Å². The van der Waals surface area contributed by atoms with Crippen molar-refractivity contribution in [1.29, 1.82) is 0 Å². The molecule has 0 radical (unpaired) electrons. The summed E-state index contributed by atoms with van der Waals surface area (Å²) < 4.78 is 10.5. The predicted molar refractivity (Wildman–Crippen MR) is 92.6 cm³/mol. The number of methoxy groups -OCH3 is 2. The van der Waals surface area contributed by atoms with Crippen LogP contribution in [0.4, 0.5) is 0 Å². The van der Waals surface area contributed by atoms with Gasteiger partial charge >= 0.3 is 0 Å². The number of amides is 2. The highest BCUT2D eigenvalue weighted by Crippen LogP contribution is 2.28. The molecule has 1 heterocycles. The number of aryl methyl sites for hydroxylation is 1. The second-order valence-corrected chi connectivity index (χ2v) is 6.24. The van der Waals surface area contributed by atoms with Gasteiger partial charge in [0.2, 0.25) is 11.8 Å². The minimum absolute atomic E-state index is 0.0149. The molecule has 1 aromatic carbocycles. The summed E-state index contributed by atoms with van der Waals surface area (Å²) in [5, 5.41) is 12.3. The van der Waals surface area contributed by atoms with Crippen LogP contribution in [0.25, 0.3) is 0 Å². The number of carbonyl (C=O) groups excluding carboxylic acids is 2. The number of benzene rings is 1. The second kappa shape index (κ2) is 8.71. The first-order valence-electron chi connectivity index (χ1n) is 8.35. The smallest absolute Gasteiger partial charge is 0.222 e. The molecule has 1 aliphatic heterocycles. The maximum atomic E-state index is 12.5. The van der Waals surface area contributed by atoms with E-state index in [2.05, 4.69) is 5.32 Å². The zero-order valence-corrected chi connectivity index (χ0v) is 14.9. The summed E-state index contributed by atoms with van der Waals surface area (Å²) in [7, 11) is 3.16. The Bertz CT molecular complexity index is 619. The van der Waals surface area contributed by atoms with E-state index in [0.717, 1.165) is 5.56 Å². The van der Waals surface area contributed by atoms with Crippen LogP contribution in [-0.2, 0) is 16.0 Å². The minimum Gasteiger partial charge on any atom is -0.493 e. The SMILES string of the molecule is COc1ccc(CCC(=O)N2CC(CO)C(NC(C)=O)C2)cc1OC. The lowest BCUT2D eigenvalue weighted by atomic mass is 10.1. The van der Waals surface area contributed by atoms with Gasteiger partial charge in [0.05, 0.1) is 20.3 Å². The maximum absolute atomic E-state index is 12.5. The van der Waals surface area contributed by atoms with Gasteiger partial charge in [0.15, 0.2) is 11.5 Å². The number of aliphatic hydroxyl groups is 1. The van der Waals surface area contributed by atoms with Crippen LogP contribution < -0.4 is 14.8 Å². The van der Waals surface area contributed by atoms with Crippen molar-refractivity contribution >= 4 is 11.8 Å². The molecule has 1 aromatic rings. The molecule has 7 nitrogen and oxygen atoms in total. The Kier molecular flexibility index (Phi) is 6.64. The van der Waals surface area contributed by atoms with Gasteiger partial charge in [-0.1, -0.05) is 6.07 Å². The molecule has 25 heavy (non-hydrogen) atoms. The third-order valence-electron chi connectivity index (χ3n) is 4.49. The van der Waals surface area contributed by atoms with Gasteiger partial charge in [-0.25, -0.2) is 0 Å². The Hall–Kier alpha value is -2.28. The lowest BCUT2D eigenvalue weighted by Crippen LogP contribution is -2.40. The predicted octanol–water partition coefficient (Wildman–Crippen LogP) is 0.592. The minimum atomic E-state index is -0.187. The molecule has 2 amide bonds. The van der Waals surface area contributed by atoms with Crippen LogP contribution >= 0.6 is 0 Å². The van der Waals surface area contributed by atoms with Gasteiger partial charge in [-0.2, -0.15) is 0 Å². The zero-order chi connectivity index (χ0) is 18.4. The molecule has 7 heteroatoms. The van der Waals surface area contributed by atoms with Gasteiger partial charge in [0.25, 0.3) is 0 Å². The van der Waals surface area contributed by atoms with E-state index < -0.39 is 0 Å². The van der Waals surface area contributed by atoms with Gasteiger partial charge in [0, 0.05) is 39.0 Å². The third kappa shape index (κ3) is 4.85. The van der Waals surface area contributed by atoms with Gasteiger partial charge < -0.3 is 24.8 Å². The first-order chi connectivity index (χ1) is 12.0. The Morgan fingerprint density at radius 1 is 1.24 bits per heavy atom. The van der Waals surface area contributed by atoms with E-state index in [-0.39, 0.29) is 30.4 Å². The zero-order valence-electron chi connectivity index (χ0n) is 14.9. The van der Waals surface area contributed by atoms with Crippen LogP contribution in [-0.4, -0.2) is 61.8 Å². The molecule has 138 valence electrons. The average Bonchev–Trinajstić information content (AvgIpc) is 3.01. The van der Waals surface area contributed by atoms with Crippen LogP contribution in [0.2, 0.25) is 0 Å². The Labute approximate surface area is 147 Å². The van der Waals surface area contributed by atoms with Gasteiger partial charge in [-0.3, -0.25) is 9.59 Å². The molecule has 0 aliphatic carbocycles. The van der Waals surface area contributed by atoms with E-state index in [4.69, 9.17) is 9.47 Å². The number of likely N-dealkylation sites (tertiary alicyclic amines) is 1. The van der Waals surface area contributed by atoms with Gasteiger partial charge in [-0.15, -0.1) is 0 Å². The molecular weight excluding hydrogens is 324 g/mol. The summed E-state index contributed by atoms with van der Waals surface area (Å²) in [4.78, 5) is 25.4. The highest BCUT2D eigenvalue weighted by atomic mass is 16.5. The second-order valence-electron chi connectivity index (χ2n) is 6.24. The van der Waals surface area contributed by atoms with E-state index >= 15 is 0 Å². The van der Waals surface area contributed by atoms with Crippen LogP contribution in [0.3, 0.4) is 0 Å². The van der Waals surface area contributed by atoms with Crippen LogP contribution in [0, 0.1) is 5.92 Å². The summed E-state index contributed by atoms with van der Waals surface area (Å²) in [6.45, 7) is 2.29. The number of aliphatic hydroxyl groups excluding tert-OH is 1. The molecule has 2 atom stereocenters. The molecule has 1 saturated heterocycles. The monoisotopic (exact) mass is 350 g/mol. The molecule has 1 fully saturated rings. The lowest BCUT2D eigenvalue weighted by molar-refractivity contribution is -0.130. The number of rotatable bonds is 7. The maximum Gasteiger partial charge on any atom is 0.222 e. The quantitative estimate of drug-likeness (QED) is 0.752. The number of ether oxygens (including phenoxy) is 2. The van der Waals surface area contributed by atoms with Gasteiger partial charge in [-0.05, 0) is 24.1 Å². The molecule has 1 aliphatic rings. The Balaban J connectivity index is 1.93. The van der Waals surface area contributed by atoms with Crippen molar-refractivity contribution in [3.05, 3.63) is 23.8 Å². The summed E-state index contributed by atoms with van der Waals surface area (Å²) in [5.74, 6) is 1.04. The van der Waals surface area contributed by atoms with Crippen molar-refractivity contribution in [2.45, 2.75) is 25.8 Å². The molecule has 0 spiro atoms. The van der Waals surface area contributed by atoms with Crippen molar-refractivity contribution in [3.63, 3.8) is 0 Å². The van der Waals surface area contributed by atoms with Crippen molar-refractivity contribution in [1.82, 2.24) is 10.2 Å². The van der Waals surface area contributed by atoms with Gasteiger partial charge in [0.1, 0.15) is 0 Å². The molecular formula is C18H26N2O5. The standard InChI is InChI=1S/C18H26N2O5/c1-12(22)19-15-10-20(9-14(15)11-21)18(23)7-5-13-4-6-16(24-2)17(8-13)25-3/h4,6,8,14-15,21H,5,7,9-11H2,1-3H3,(H,19,22). The average molecular weight is 350 g/mol. The van der Waals surface area contributed by atoms with Crippen LogP contribution in [0.1, 0.15) is 18.9 Å². The first-order valence-corrected chi connectivity index (χ1v) is 8.35. The highest BCUT2D eigenvalue weighted by molar-refractivity contribution is 5.77. The third-order valence-corrected chi connectivity index (χ3v) is 4.49. The Morgan fingerprint density at radius 3 is 2.56 bits per heavy atom. The van der Waals surface area contributed by atoms with E-state index in [0.29, 0.717) is 37.4 Å². The summed E-state index contributed by atoms with van der Waals surface area (Å²) in [6.07, 6.45) is 0.949. The van der Waals surface area contributed by atoms with Crippen molar-refractivity contribution in [3.8, 4) is 11.5 Å². The van der Waals surface area contributed by atoms with Crippen molar-refractivity contribution < 1.29 is 24.2 Å². The fourth-order valence-corrected chi connectivity index (χ4v) is 3.13. The number of nitrogens with zero attached hydrogens (tertiary/aromatic N) is 1.